The van der Waals surface area contributed by atoms with Crippen LogP contribution in [0.2, 0.25) is 0 Å². The summed E-state index contributed by atoms with van der Waals surface area (Å²) in [7, 11) is -1.33. The number of piperidine rings is 1. The highest BCUT2D eigenvalue weighted by Gasteiger charge is 2.33. The number of hydrogen-bond donors (Lipinski definition) is 1. The van der Waals surface area contributed by atoms with E-state index >= 15 is 0 Å². The van der Waals surface area contributed by atoms with Crippen molar-refractivity contribution in [3.63, 3.8) is 0 Å². The molecule has 3 aromatic rings. The number of aryl methyl sites for hydroxylation is 1. The fourth-order valence-corrected chi connectivity index (χ4v) is 6.42. The summed E-state index contributed by atoms with van der Waals surface area (Å²) in [5, 5.41) is 5.57. The Labute approximate surface area is 207 Å². The van der Waals surface area contributed by atoms with Crippen LogP contribution in [0.4, 0.5) is 5.82 Å². The summed E-state index contributed by atoms with van der Waals surface area (Å²) in [5.41, 5.74) is 2.57. The molecule has 35 heavy (non-hydrogen) atoms. The number of aromatic nitrogens is 3. The Kier molecular flexibility index (Phi) is 7.09. The van der Waals surface area contributed by atoms with E-state index in [0.29, 0.717) is 31.4 Å². The van der Waals surface area contributed by atoms with Crippen molar-refractivity contribution >= 4 is 26.7 Å². The van der Waals surface area contributed by atoms with Crippen LogP contribution in [0.1, 0.15) is 43.6 Å². The van der Waals surface area contributed by atoms with E-state index in [2.05, 4.69) is 37.9 Å². The molecule has 1 aliphatic carbocycles. The van der Waals surface area contributed by atoms with Crippen LogP contribution in [-0.2, 0) is 21.8 Å². The lowest BCUT2D eigenvalue weighted by molar-refractivity contribution is -0.00128. The van der Waals surface area contributed by atoms with E-state index in [1.165, 1.54) is 22.7 Å². The highest BCUT2D eigenvalue weighted by Crippen LogP contribution is 2.37. The van der Waals surface area contributed by atoms with Gasteiger partial charge in [-0.05, 0) is 73.8 Å². The molecule has 1 saturated carbocycles. The van der Waals surface area contributed by atoms with Crippen molar-refractivity contribution in [1.29, 1.82) is 0 Å². The number of nitrogens with zero attached hydrogens (tertiary/aromatic N) is 4. The zero-order valence-corrected chi connectivity index (χ0v) is 21.3. The zero-order valence-electron chi connectivity index (χ0n) is 20.5. The van der Waals surface area contributed by atoms with Gasteiger partial charge in [-0.3, -0.25) is 4.68 Å². The van der Waals surface area contributed by atoms with Gasteiger partial charge in [-0.2, -0.15) is 5.10 Å². The van der Waals surface area contributed by atoms with Crippen molar-refractivity contribution in [3.05, 3.63) is 54.4 Å². The maximum Gasteiger partial charge on any atom is 0.209 e. The van der Waals surface area contributed by atoms with Gasteiger partial charge >= 0.3 is 0 Å². The monoisotopic (exact) mass is 497 g/mol. The Morgan fingerprint density at radius 2 is 1.94 bits per heavy atom. The fraction of sp³-hybridized carbons (Fsp3) is 0.538. The number of benzene rings is 1. The van der Waals surface area contributed by atoms with Gasteiger partial charge in [0.1, 0.15) is 5.82 Å². The van der Waals surface area contributed by atoms with Gasteiger partial charge in [-0.25, -0.2) is 18.1 Å². The smallest absolute Gasteiger partial charge is 0.209 e. The lowest BCUT2D eigenvalue weighted by atomic mass is 9.79. The number of ether oxygens (including phenoxy) is 1. The van der Waals surface area contributed by atoms with E-state index in [1.54, 1.807) is 6.20 Å². The van der Waals surface area contributed by atoms with Crippen molar-refractivity contribution in [2.75, 3.05) is 30.9 Å². The van der Waals surface area contributed by atoms with Gasteiger partial charge in [0.05, 0.1) is 30.1 Å². The SMILES string of the molecule is Cn1ncc2cc(C3CCC(CO[C@@H]4CN(c5ccccn5)CC[C@@H]4NS(C)(=O)=O)CC3)ccc21. The maximum atomic E-state index is 12.0. The normalized spacial score (nSPS) is 25.7. The molecule has 1 N–H and O–H groups in total. The molecule has 0 amide bonds. The molecule has 0 spiro atoms. The lowest BCUT2D eigenvalue weighted by Crippen LogP contribution is -2.55. The first-order valence-electron chi connectivity index (χ1n) is 12.5. The third-order valence-corrected chi connectivity index (χ3v) is 8.26. The molecule has 0 unspecified atom stereocenters. The first kappa shape index (κ1) is 24.2. The van der Waals surface area contributed by atoms with Crippen molar-refractivity contribution in [2.24, 2.45) is 13.0 Å². The molecule has 3 heterocycles. The summed E-state index contributed by atoms with van der Waals surface area (Å²) in [4.78, 5) is 6.66. The molecule has 5 rings (SSSR count). The van der Waals surface area contributed by atoms with Crippen LogP contribution in [0.5, 0.6) is 0 Å². The first-order chi connectivity index (χ1) is 16.9. The van der Waals surface area contributed by atoms with Crippen LogP contribution in [-0.4, -0.2) is 61.3 Å². The average molecular weight is 498 g/mol. The van der Waals surface area contributed by atoms with Crippen molar-refractivity contribution in [1.82, 2.24) is 19.5 Å². The predicted octanol–water partition coefficient (Wildman–Crippen LogP) is 3.46. The molecule has 1 aliphatic heterocycles. The molecule has 188 valence electrons. The van der Waals surface area contributed by atoms with Crippen LogP contribution in [0.3, 0.4) is 0 Å². The minimum Gasteiger partial charge on any atom is -0.374 e. The Bertz CT molecular complexity index is 1240. The summed E-state index contributed by atoms with van der Waals surface area (Å²) >= 11 is 0. The second kappa shape index (κ2) is 10.2. The van der Waals surface area contributed by atoms with Gasteiger partial charge in [0.25, 0.3) is 0 Å². The van der Waals surface area contributed by atoms with Crippen LogP contribution < -0.4 is 9.62 Å². The molecule has 9 heteroatoms. The summed E-state index contributed by atoms with van der Waals surface area (Å²) in [6.07, 6.45) is 9.98. The van der Waals surface area contributed by atoms with E-state index in [-0.39, 0.29) is 12.1 Å². The third kappa shape index (κ3) is 5.85. The molecule has 8 nitrogen and oxygen atoms in total. The fourth-order valence-electron chi connectivity index (χ4n) is 5.60. The minimum atomic E-state index is -3.30. The molecule has 0 bridgehead atoms. The molecule has 1 saturated heterocycles. The average Bonchev–Trinajstić information content (AvgIpc) is 3.23. The van der Waals surface area contributed by atoms with Crippen LogP contribution in [0.15, 0.2) is 48.8 Å². The van der Waals surface area contributed by atoms with Gasteiger partial charge in [-0.1, -0.05) is 12.1 Å². The summed E-state index contributed by atoms with van der Waals surface area (Å²) in [6.45, 7) is 2.04. The lowest BCUT2D eigenvalue weighted by Gasteiger charge is -2.40. The zero-order chi connectivity index (χ0) is 24.4. The highest BCUT2D eigenvalue weighted by molar-refractivity contribution is 7.88. The molecule has 2 atom stereocenters. The standard InChI is InChI=1S/C26H35N5O3S/c1-30-24-11-10-21(15-22(24)16-28-30)20-8-6-19(7-9-20)18-34-25-17-31(26-5-3-4-13-27-26)14-12-23(25)29-35(2,32)33/h3-5,10-11,13,15-16,19-20,23,25,29H,6-9,12,14,17-18H2,1-2H3/t19?,20?,23-,25+/m0/s1. The van der Waals surface area contributed by atoms with Crippen LogP contribution in [0.25, 0.3) is 10.9 Å². The number of anilines is 1. The summed E-state index contributed by atoms with van der Waals surface area (Å²) in [5.74, 6) is 1.98. The maximum absolute atomic E-state index is 12.0. The minimum absolute atomic E-state index is 0.203. The van der Waals surface area contributed by atoms with E-state index in [1.807, 2.05) is 36.1 Å². The molecular formula is C26H35N5O3S. The molecule has 2 aromatic heterocycles. The number of nitrogens with one attached hydrogen (secondary N) is 1. The van der Waals surface area contributed by atoms with Gasteiger partial charge in [0, 0.05) is 38.3 Å². The first-order valence-corrected chi connectivity index (χ1v) is 14.4. The molecular weight excluding hydrogens is 462 g/mol. The van der Waals surface area contributed by atoms with Crippen molar-refractivity contribution in [2.45, 2.75) is 50.2 Å². The Morgan fingerprint density at radius 3 is 2.69 bits per heavy atom. The molecule has 1 aromatic carbocycles. The van der Waals surface area contributed by atoms with E-state index in [0.717, 1.165) is 38.0 Å². The van der Waals surface area contributed by atoms with Gasteiger partial charge in [0.2, 0.25) is 10.0 Å². The number of hydrogen-bond acceptors (Lipinski definition) is 6. The number of rotatable bonds is 7. The van der Waals surface area contributed by atoms with E-state index in [9.17, 15) is 8.42 Å². The Hall–Kier alpha value is -2.49. The highest BCUT2D eigenvalue weighted by atomic mass is 32.2. The Morgan fingerprint density at radius 1 is 1.11 bits per heavy atom. The van der Waals surface area contributed by atoms with E-state index < -0.39 is 10.0 Å². The second-order valence-corrected chi connectivity index (χ2v) is 11.9. The molecule has 0 radical (unpaired) electrons. The number of sulfonamides is 1. The van der Waals surface area contributed by atoms with Gasteiger partial charge < -0.3 is 9.64 Å². The molecule has 2 fully saturated rings. The topological polar surface area (TPSA) is 89.3 Å². The van der Waals surface area contributed by atoms with Crippen LogP contribution in [0, 0.1) is 5.92 Å². The molecule has 2 aliphatic rings. The second-order valence-electron chi connectivity index (χ2n) is 10.1. The van der Waals surface area contributed by atoms with Crippen molar-refractivity contribution < 1.29 is 13.2 Å². The quantitative estimate of drug-likeness (QED) is 0.538. The predicted molar refractivity (Wildman–Crippen MR) is 138 cm³/mol. The summed E-state index contributed by atoms with van der Waals surface area (Å²) < 4.78 is 35.1. The number of pyridine rings is 1. The van der Waals surface area contributed by atoms with Gasteiger partial charge in [-0.15, -0.1) is 0 Å². The van der Waals surface area contributed by atoms with Crippen molar-refractivity contribution in [3.8, 4) is 0 Å². The third-order valence-electron chi connectivity index (χ3n) is 7.53. The van der Waals surface area contributed by atoms with Crippen LogP contribution >= 0.6 is 0 Å². The number of fused-ring (bicyclic) bond motifs is 1. The van der Waals surface area contributed by atoms with Gasteiger partial charge in [0.15, 0.2) is 0 Å². The summed E-state index contributed by atoms with van der Waals surface area (Å²) in [6, 6.07) is 12.4. The largest absolute Gasteiger partial charge is 0.374 e. The van der Waals surface area contributed by atoms with E-state index in [4.69, 9.17) is 4.74 Å². The Balaban J connectivity index is 1.18.